The van der Waals surface area contributed by atoms with Gasteiger partial charge in [-0.05, 0) is 57.8 Å². The summed E-state index contributed by atoms with van der Waals surface area (Å²) in [4.78, 5) is 42.3. The molecular weight excluding hydrogens is 579 g/mol. The Hall–Kier alpha value is -2.25. The summed E-state index contributed by atoms with van der Waals surface area (Å²) in [6.45, 7) is 3.45. The van der Waals surface area contributed by atoms with Crippen LogP contribution in [0.25, 0.3) is 0 Å². The van der Waals surface area contributed by atoms with Crippen molar-refractivity contribution in [3.8, 4) is 0 Å². The quantitative estimate of drug-likeness (QED) is 0.0360. The standard InChI is InChI=1S/C35H59O8P/c1-3-5-7-9-11-12-13-14-15-16-17-18-19-20-21-22-24-26-28-30-35(37)43-33(32-42-44(38,39)40)31-41-34(36)29-27-25-23-10-8-6-4-2/h5,7,11-12,14-15,17-18,20-21,33H,3-4,6,8-10,13,16,19,22-32H2,1-2H3,(H2,38,39,40)/b7-5-,12-11-,15-14-,18-17-,21-20-. The summed E-state index contributed by atoms with van der Waals surface area (Å²) in [5.74, 6) is -0.937. The van der Waals surface area contributed by atoms with Crippen molar-refractivity contribution >= 4 is 19.8 Å². The highest BCUT2D eigenvalue weighted by Crippen LogP contribution is 2.35. The van der Waals surface area contributed by atoms with Crippen LogP contribution in [0.4, 0.5) is 0 Å². The van der Waals surface area contributed by atoms with Crippen LogP contribution in [0.1, 0.15) is 129 Å². The van der Waals surface area contributed by atoms with Crippen molar-refractivity contribution in [1.82, 2.24) is 0 Å². The fourth-order valence-corrected chi connectivity index (χ4v) is 4.46. The molecule has 0 amide bonds. The van der Waals surface area contributed by atoms with Crippen LogP contribution in [-0.4, -0.2) is 41.0 Å². The third-order valence-corrected chi connectivity index (χ3v) is 7.04. The molecule has 0 spiro atoms. The van der Waals surface area contributed by atoms with E-state index in [-0.39, 0.29) is 19.4 Å². The zero-order valence-electron chi connectivity index (χ0n) is 27.3. The molecule has 0 aliphatic carbocycles. The lowest BCUT2D eigenvalue weighted by molar-refractivity contribution is -0.161. The molecule has 0 aliphatic heterocycles. The topological polar surface area (TPSA) is 119 Å². The van der Waals surface area contributed by atoms with Crippen LogP contribution in [0.5, 0.6) is 0 Å². The van der Waals surface area contributed by atoms with Gasteiger partial charge in [0.05, 0.1) is 6.61 Å². The average molecular weight is 639 g/mol. The lowest BCUT2D eigenvalue weighted by Crippen LogP contribution is -2.29. The van der Waals surface area contributed by atoms with Crippen LogP contribution in [0.15, 0.2) is 60.8 Å². The van der Waals surface area contributed by atoms with Gasteiger partial charge in [-0.25, -0.2) is 4.57 Å². The number of ether oxygens (including phenoxy) is 2. The molecule has 1 atom stereocenters. The minimum atomic E-state index is -4.75. The van der Waals surface area contributed by atoms with E-state index in [1.54, 1.807) is 0 Å². The van der Waals surface area contributed by atoms with Crippen LogP contribution in [-0.2, 0) is 28.2 Å². The monoisotopic (exact) mass is 638 g/mol. The first-order valence-corrected chi connectivity index (χ1v) is 18.1. The Morgan fingerprint density at radius 2 is 1.09 bits per heavy atom. The maximum atomic E-state index is 12.3. The number of hydrogen-bond donors (Lipinski definition) is 2. The molecule has 1 unspecified atom stereocenters. The van der Waals surface area contributed by atoms with Crippen LogP contribution in [0, 0.1) is 0 Å². The van der Waals surface area contributed by atoms with Gasteiger partial charge in [0, 0.05) is 12.8 Å². The molecule has 0 radical (unpaired) electrons. The van der Waals surface area contributed by atoms with E-state index in [4.69, 9.17) is 19.3 Å². The molecule has 44 heavy (non-hydrogen) atoms. The summed E-state index contributed by atoms with van der Waals surface area (Å²) in [5, 5.41) is 0. The second-order valence-electron chi connectivity index (χ2n) is 10.8. The molecule has 0 rings (SSSR count). The van der Waals surface area contributed by atoms with E-state index < -0.39 is 32.5 Å². The maximum absolute atomic E-state index is 12.3. The molecule has 0 saturated heterocycles. The number of esters is 2. The lowest BCUT2D eigenvalue weighted by atomic mass is 10.1. The zero-order valence-corrected chi connectivity index (χ0v) is 28.2. The van der Waals surface area contributed by atoms with E-state index in [1.165, 1.54) is 19.3 Å². The van der Waals surface area contributed by atoms with Crippen LogP contribution in [0.3, 0.4) is 0 Å². The molecule has 0 aromatic carbocycles. The third kappa shape index (κ3) is 32.7. The smallest absolute Gasteiger partial charge is 0.462 e. The summed E-state index contributed by atoms with van der Waals surface area (Å²) >= 11 is 0. The highest BCUT2D eigenvalue weighted by Gasteiger charge is 2.22. The average Bonchev–Trinajstić information content (AvgIpc) is 2.98. The Labute approximate surface area is 267 Å². The molecule has 0 aromatic rings. The van der Waals surface area contributed by atoms with Crippen LogP contribution < -0.4 is 0 Å². The van der Waals surface area contributed by atoms with Crippen molar-refractivity contribution in [1.29, 1.82) is 0 Å². The number of allylic oxidation sites excluding steroid dienone is 10. The van der Waals surface area contributed by atoms with Crippen molar-refractivity contribution in [2.75, 3.05) is 13.2 Å². The van der Waals surface area contributed by atoms with Gasteiger partial charge >= 0.3 is 19.8 Å². The number of carbonyl (C=O) groups is 2. The minimum absolute atomic E-state index is 0.171. The van der Waals surface area contributed by atoms with Gasteiger partial charge in [-0.2, -0.15) is 0 Å². The van der Waals surface area contributed by atoms with Gasteiger partial charge in [0.25, 0.3) is 0 Å². The predicted octanol–water partition coefficient (Wildman–Crippen LogP) is 9.39. The molecule has 0 saturated carbocycles. The maximum Gasteiger partial charge on any atom is 0.469 e. The van der Waals surface area contributed by atoms with E-state index in [9.17, 15) is 14.2 Å². The number of unbranched alkanes of at least 4 members (excludes halogenated alkanes) is 9. The van der Waals surface area contributed by atoms with Gasteiger partial charge < -0.3 is 19.3 Å². The van der Waals surface area contributed by atoms with Gasteiger partial charge in [-0.1, -0.05) is 120 Å². The molecule has 252 valence electrons. The summed E-state index contributed by atoms with van der Waals surface area (Å²) < 4.78 is 26.1. The summed E-state index contributed by atoms with van der Waals surface area (Å²) in [6, 6.07) is 0. The summed E-state index contributed by atoms with van der Waals surface area (Å²) in [6.07, 6.45) is 36.8. The molecule has 9 heteroatoms. The van der Waals surface area contributed by atoms with E-state index in [2.05, 4.69) is 79.1 Å². The normalized spacial score (nSPS) is 13.3. The second-order valence-corrected chi connectivity index (χ2v) is 12.0. The third-order valence-electron chi connectivity index (χ3n) is 6.55. The number of phosphoric acid groups is 1. The Balaban J connectivity index is 4.08. The van der Waals surface area contributed by atoms with Gasteiger partial charge in [-0.3, -0.25) is 14.1 Å². The SMILES string of the molecule is CC/C=C\C/C=C\C/C=C\C/C=C\C/C=C\CCCCCC(=O)OC(COC(=O)CCCCCCCCC)COP(=O)(O)O. The Kier molecular flexibility index (Phi) is 29.2. The molecular formula is C35H59O8P. The fourth-order valence-electron chi connectivity index (χ4n) is 4.10. The number of rotatable bonds is 29. The van der Waals surface area contributed by atoms with Gasteiger partial charge in [-0.15, -0.1) is 0 Å². The van der Waals surface area contributed by atoms with Gasteiger partial charge in [0.1, 0.15) is 6.61 Å². The summed E-state index contributed by atoms with van der Waals surface area (Å²) in [5.41, 5.74) is 0. The van der Waals surface area contributed by atoms with Crippen molar-refractivity contribution in [3.63, 3.8) is 0 Å². The molecule has 0 heterocycles. The fraction of sp³-hybridized carbons (Fsp3) is 0.657. The van der Waals surface area contributed by atoms with Crippen molar-refractivity contribution in [2.45, 2.75) is 136 Å². The van der Waals surface area contributed by atoms with Crippen LogP contribution in [0.2, 0.25) is 0 Å². The van der Waals surface area contributed by atoms with E-state index in [1.807, 2.05) is 0 Å². The molecule has 8 nitrogen and oxygen atoms in total. The number of phosphoric ester groups is 1. The van der Waals surface area contributed by atoms with E-state index in [0.717, 1.165) is 70.6 Å². The Bertz CT molecular complexity index is 900. The van der Waals surface area contributed by atoms with Crippen LogP contribution >= 0.6 is 7.82 Å². The molecule has 0 fully saturated rings. The second kappa shape index (κ2) is 30.8. The van der Waals surface area contributed by atoms with Crippen molar-refractivity contribution < 1.29 is 37.9 Å². The predicted molar refractivity (Wildman–Crippen MR) is 179 cm³/mol. The first-order chi connectivity index (χ1) is 21.3. The first kappa shape index (κ1) is 41.8. The van der Waals surface area contributed by atoms with Crippen molar-refractivity contribution in [3.05, 3.63) is 60.8 Å². The van der Waals surface area contributed by atoms with E-state index in [0.29, 0.717) is 12.8 Å². The lowest BCUT2D eigenvalue weighted by Gasteiger charge is -2.18. The zero-order chi connectivity index (χ0) is 32.6. The number of carbonyl (C=O) groups excluding carboxylic acids is 2. The molecule has 0 aliphatic rings. The highest BCUT2D eigenvalue weighted by molar-refractivity contribution is 7.46. The molecule has 2 N–H and O–H groups in total. The van der Waals surface area contributed by atoms with Crippen molar-refractivity contribution in [2.24, 2.45) is 0 Å². The highest BCUT2D eigenvalue weighted by atomic mass is 31.2. The molecule has 0 aromatic heterocycles. The molecule has 0 bridgehead atoms. The number of hydrogen-bond acceptors (Lipinski definition) is 6. The van der Waals surface area contributed by atoms with E-state index >= 15 is 0 Å². The van der Waals surface area contributed by atoms with Gasteiger partial charge in [0.2, 0.25) is 0 Å². The van der Waals surface area contributed by atoms with Gasteiger partial charge in [0.15, 0.2) is 6.10 Å². The minimum Gasteiger partial charge on any atom is -0.462 e. The first-order valence-electron chi connectivity index (χ1n) is 16.6. The summed E-state index contributed by atoms with van der Waals surface area (Å²) in [7, 11) is -4.75. The largest absolute Gasteiger partial charge is 0.469 e. The Morgan fingerprint density at radius 1 is 0.614 bits per heavy atom. The Morgan fingerprint density at radius 3 is 1.64 bits per heavy atom.